The smallest absolute Gasteiger partial charge is 0.244 e. The van der Waals surface area contributed by atoms with Crippen LogP contribution >= 0.6 is 0 Å². The van der Waals surface area contributed by atoms with Crippen molar-refractivity contribution in [1.29, 1.82) is 0 Å². The fourth-order valence-corrected chi connectivity index (χ4v) is 2.86. The third-order valence-corrected chi connectivity index (χ3v) is 4.01. The molecule has 0 unspecified atom stereocenters. The highest BCUT2D eigenvalue weighted by Crippen LogP contribution is 2.19. The molecule has 0 saturated carbocycles. The fraction of sp³-hybridized carbons (Fsp3) is 0.769. The first-order valence-electron chi connectivity index (χ1n) is 7.84. The maximum Gasteiger partial charge on any atom is 0.244 e. The van der Waals surface area contributed by atoms with Gasteiger partial charge in [0.1, 0.15) is 0 Å². The molecule has 0 amide bonds. The fourth-order valence-electron chi connectivity index (χ4n) is 2.86. The summed E-state index contributed by atoms with van der Waals surface area (Å²) in [6.45, 7) is 4.04. The number of nitrogen functional groups attached to an aromatic ring is 1. The van der Waals surface area contributed by atoms with Gasteiger partial charge in [-0.05, 0) is 32.1 Å². The molecule has 0 spiro atoms. The van der Waals surface area contributed by atoms with Gasteiger partial charge in [-0.2, -0.15) is 15.0 Å². The number of nitrogens with two attached hydrogens (primary N) is 1. The van der Waals surface area contributed by atoms with Crippen LogP contribution in [0.25, 0.3) is 0 Å². The van der Waals surface area contributed by atoms with Crippen molar-refractivity contribution in [3.8, 4) is 0 Å². The van der Waals surface area contributed by atoms with Crippen LogP contribution in [0, 0.1) is 0 Å². The third-order valence-electron chi connectivity index (χ3n) is 4.01. The van der Waals surface area contributed by atoms with E-state index in [1.54, 1.807) is 0 Å². The molecule has 3 heterocycles. The Morgan fingerprint density at radius 1 is 0.762 bits per heavy atom. The molecule has 2 saturated heterocycles. The first-order chi connectivity index (χ1) is 10.3. The van der Waals surface area contributed by atoms with Crippen LogP contribution in [0.4, 0.5) is 17.8 Å². The second-order valence-corrected chi connectivity index (χ2v) is 5.63. The summed E-state index contributed by atoms with van der Waals surface area (Å²) in [5.74, 6) is 7.17. The Morgan fingerprint density at radius 2 is 1.38 bits per heavy atom. The van der Waals surface area contributed by atoms with Crippen molar-refractivity contribution < 1.29 is 0 Å². The van der Waals surface area contributed by atoms with E-state index in [1.165, 1.54) is 38.5 Å². The number of nitrogens with one attached hydrogen (secondary N) is 2. The lowest BCUT2D eigenvalue weighted by Crippen LogP contribution is -2.36. The lowest BCUT2D eigenvalue weighted by Gasteiger charge is -2.29. The van der Waals surface area contributed by atoms with Crippen molar-refractivity contribution in [3.63, 3.8) is 0 Å². The van der Waals surface area contributed by atoms with Crippen molar-refractivity contribution in [1.82, 2.24) is 20.0 Å². The van der Waals surface area contributed by atoms with Crippen LogP contribution in [0.5, 0.6) is 0 Å². The third kappa shape index (κ3) is 3.70. The predicted molar refractivity (Wildman–Crippen MR) is 82.7 cm³/mol. The molecule has 0 atom stereocenters. The molecule has 0 aliphatic carbocycles. The standard InChI is InChI=1S/C13H24N8/c14-18-11-15-12(19-21-9-5-2-6-10-21)17-13(16-11)20-7-3-1-4-8-20/h1-10,14H2,(H2,15,16,17,18,19). The van der Waals surface area contributed by atoms with Crippen LogP contribution in [0.15, 0.2) is 0 Å². The first-order valence-corrected chi connectivity index (χ1v) is 7.84. The maximum atomic E-state index is 5.49. The second kappa shape index (κ2) is 6.86. The van der Waals surface area contributed by atoms with Crippen LogP contribution in [-0.2, 0) is 0 Å². The topological polar surface area (TPSA) is 95.2 Å². The van der Waals surface area contributed by atoms with Crippen LogP contribution in [0.1, 0.15) is 38.5 Å². The van der Waals surface area contributed by atoms with E-state index in [4.69, 9.17) is 5.84 Å². The van der Waals surface area contributed by atoms with Crippen LogP contribution in [0.3, 0.4) is 0 Å². The van der Waals surface area contributed by atoms with Crippen LogP contribution < -0.4 is 21.6 Å². The molecule has 0 radical (unpaired) electrons. The Kier molecular flexibility index (Phi) is 4.66. The van der Waals surface area contributed by atoms with Gasteiger partial charge in [0.2, 0.25) is 17.8 Å². The van der Waals surface area contributed by atoms with Crippen molar-refractivity contribution in [2.75, 3.05) is 41.9 Å². The molecule has 2 aliphatic rings. The summed E-state index contributed by atoms with van der Waals surface area (Å²) < 4.78 is 0. The number of anilines is 3. The van der Waals surface area contributed by atoms with E-state index in [0.29, 0.717) is 17.8 Å². The molecule has 21 heavy (non-hydrogen) atoms. The minimum atomic E-state index is 0.407. The summed E-state index contributed by atoms with van der Waals surface area (Å²) in [6.07, 6.45) is 7.36. The van der Waals surface area contributed by atoms with E-state index >= 15 is 0 Å². The highest BCUT2D eigenvalue weighted by atomic mass is 15.5. The van der Waals surface area contributed by atoms with Gasteiger partial charge in [0.15, 0.2) is 0 Å². The molecule has 1 aromatic heterocycles. The Bertz CT molecular complexity index is 453. The van der Waals surface area contributed by atoms with Gasteiger partial charge in [-0.1, -0.05) is 6.42 Å². The monoisotopic (exact) mass is 292 g/mol. The molecule has 4 N–H and O–H groups in total. The van der Waals surface area contributed by atoms with Gasteiger partial charge in [0.05, 0.1) is 0 Å². The highest BCUT2D eigenvalue weighted by Gasteiger charge is 2.17. The zero-order chi connectivity index (χ0) is 14.5. The van der Waals surface area contributed by atoms with Gasteiger partial charge in [-0.25, -0.2) is 10.9 Å². The zero-order valence-electron chi connectivity index (χ0n) is 12.4. The number of piperidine rings is 2. The highest BCUT2D eigenvalue weighted by molar-refractivity contribution is 5.43. The molecule has 1 aromatic rings. The summed E-state index contributed by atoms with van der Waals surface area (Å²) in [5, 5.41) is 2.17. The first kappa shape index (κ1) is 14.3. The number of hydrazine groups is 2. The Morgan fingerprint density at radius 3 is 2.05 bits per heavy atom. The maximum absolute atomic E-state index is 5.49. The molecule has 8 heteroatoms. The van der Waals surface area contributed by atoms with Crippen molar-refractivity contribution in [2.45, 2.75) is 38.5 Å². The van der Waals surface area contributed by atoms with Crippen molar-refractivity contribution >= 4 is 17.8 Å². The predicted octanol–water partition coefficient (Wildman–Crippen LogP) is 0.960. The molecule has 116 valence electrons. The Labute approximate surface area is 125 Å². The molecule has 3 rings (SSSR count). The van der Waals surface area contributed by atoms with Gasteiger partial charge in [-0.15, -0.1) is 0 Å². The van der Waals surface area contributed by atoms with Gasteiger partial charge in [-0.3, -0.25) is 10.9 Å². The second-order valence-electron chi connectivity index (χ2n) is 5.63. The Hall–Kier alpha value is -1.67. The van der Waals surface area contributed by atoms with Crippen LogP contribution in [0.2, 0.25) is 0 Å². The van der Waals surface area contributed by atoms with Gasteiger partial charge in [0, 0.05) is 26.2 Å². The SMILES string of the molecule is NNc1nc(NN2CCCCC2)nc(N2CCCCC2)n1. The number of hydrogen-bond acceptors (Lipinski definition) is 8. The Balaban J connectivity index is 1.75. The lowest BCUT2D eigenvalue weighted by atomic mass is 10.1. The lowest BCUT2D eigenvalue weighted by molar-refractivity contribution is 0.271. The average Bonchev–Trinajstić information content (AvgIpc) is 2.56. The van der Waals surface area contributed by atoms with E-state index < -0.39 is 0 Å². The average molecular weight is 292 g/mol. The minimum Gasteiger partial charge on any atom is -0.341 e. The molecule has 8 nitrogen and oxygen atoms in total. The minimum absolute atomic E-state index is 0.407. The number of nitrogens with zero attached hydrogens (tertiary/aromatic N) is 5. The van der Waals surface area contributed by atoms with Crippen molar-refractivity contribution in [2.24, 2.45) is 5.84 Å². The number of rotatable bonds is 4. The van der Waals surface area contributed by atoms with E-state index in [2.05, 4.69) is 35.7 Å². The van der Waals surface area contributed by atoms with Crippen molar-refractivity contribution in [3.05, 3.63) is 0 Å². The largest absolute Gasteiger partial charge is 0.341 e. The van der Waals surface area contributed by atoms with E-state index in [0.717, 1.165) is 26.2 Å². The van der Waals surface area contributed by atoms with Crippen LogP contribution in [-0.4, -0.2) is 46.1 Å². The summed E-state index contributed by atoms with van der Waals surface area (Å²) >= 11 is 0. The summed E-state index contributed by atoms with van der Waals surface area (Å²) in [5.41, 5.74) is 5.82. The van der Waals surface area contributed by atoms with E-state index in [9.17, 15) is 0 Å². The molecular formula is C13H24N8. The molecule has 2 aliphatic heterocycles. The number of aromatic nitrogens is 3. The van der Waals surface area contributed by atoms with Gasteiger partial charge in [0.25, 0.3) is 0 Å². The summed E-state index contributed by atoms with van der Waals surface area (Å²) in [4.78, 5) is 15.4. The zero-order valence-corrected chi connectivity index (χ0v) is 12.4. The van der Waals surface area contributed by atoms with E-state index in [1.807, 2.05) is 0 Å². The molecular weight excluding hydrogens is 268 g/mol. The normalized spacial score (nSPS) is 20.3. The van der Waals surface area contributed by atoms with Gasteiger partial charge >= 0.3 is 0 Å². The van der Waals surface area contributed by atoms with Gasteiger partial charge < -0.3 is 4.90 Å². The summed E-state index contributed by atoms with van der Waals surface area (Å²) in [6, 6.07) is 0. The number of hydrogen-bond donors (Lipinski definition) is 3. The summed E-state index contributed by atoms with van der Waals surface area (Å²) in [7, 11) is 0. The quantitative estimate of drug-likeness (QED) is 0.558. The molecule has 2 fully saturated rings. The van der Waals surface area contributed by atoms with E-state index in [-0.39, 0.29) is 0 Å². The molecule has 0 bridgehead atoms. The molecule has 0 aromatic carbocycles.